The molecule has 0 radical (unpaired) electrons. The summed E-state index contributed by atoms with van der Waals surface area (Å²) in [6, 6.07) is 19.6. The van der Waals surface area contributed by atoms with Gasteiger partial charge in [0, 0.05) is 12.6 Å². The Bertz CT molecular complexity index is 1490. The number of anilines is 1. The third-order valence-corrected chi connectivity index (χ3v) is 5.80. The van der Waals surface area contributed by atoms with Crippen molar-refractivity contribution in [2.75, 3.05) is 12.4 Å². The number of methoxy groups -OCH3 is 1. The van der Waals surface area contributed by atoms with Crippen molar-refractivity contribution in [2.24, 2.45) is 19.4 Å². The lowest BCUT2D eigenvalue weighted by molar-refractivity contribution is -0.114. The lowest BCUT2D eigenvalue weighted by atomic mass is 10.3. The zero-order chi connectivity index (χ0) is 23.4. The minimum absolute atomic E-state index is 0.0537. The van der Waals surface area contributed by atoms with Gasteiger partial charge < -0.3 is 10.1 Å². The van der Waals surface area contributed by atoms with Gasteiger partial charge in [0.1, 0.15) is 5.75 Å². The average Bonchev–Trinajstić information content (AvgIpc) is 2.80. The van der Waals surface area contributed by atoms with E-state index in [9.17, 15) is 13.2 Å². The number of amidine groups is 2. The van der Waals surface area contributed by atoms with E-state index in [0.717, 1.165) is 0 Å². The highest BCUT2D eigenvalue weighted by atomic mass is 32.2. The van der Waals surface area contributed by atoms with Gasteiger partial charge in [0.15, 0.2) is 5.84 Å². The maximum Gasteiger partial charge on any atom is 0.284 e. The number of nitrogens with one attached hydrogen (secondary N) is 1. The highest BCUT2D eigenvalue weighted by Gasteiger charge is 2.19. The van der Waals surface area contributed by atoms with Crippen LogP contribution in [0.1, 0.15) is 6.92 Å². The normalized spacial score (nSPS) is 15.3. The van der Waals surface area contributed by atoms with Crippen molar-refractivity contribution in [2.45, 2.75) is 11.8 Å². The van der Waals surface area contributed by atoms with Crippen LogP contribution in [0.3, 0.4) is 0 Å². The summed E-state index contributed by atoms with van der Waals surface area (Å²) in [5.41, 5.74) is 1.01. The Kier molecular flexibility index (Phi) is 6.09. The Hall–Kier alpha value is -4.18. The molecule has 0 fully saturated rings. The van der Waals surface area contributed by atoms with Gasteiger partial charge in [-0.15, -0.1) is 4.40 Å². The number of fused-ring (bicyclic) bond motifs is 1. The smallest absolute Gasteiger partial charge is 0.284 e. The summed E-state index contributed by atoms with van der Waals surface area (Å²) in [6.45, 7) is 1.37. The van der Waals surface area contributed by atoms with Gasteiger partial charge in [-0.05, 0) is 60.7 Å². The van der Waals surface area contributed by atoms with Crippen LogP contribution in [0.2, 0.25) is 0 Å². The summed E-state index contributed by atoms with van der Waals surface area (Å²) < 4.78 is 35.0. The number of hydrogen-bond acceptors (Lipinski definition) is 5. The van der Waals surface area contributed by atoms with E-state index >= 15 is 0 Å². The van der Waals surface area contributed by atoms with E-state index in [-0.39, 0.29) is 22.5 Å². The number of hydrogen-bond donors (Lipinski definition) is 1. The number of para-hydroxylation sites is 2. The van der Waals surface area contributed by atoms with E-state index in [0.29, 0.717) is 27.8 Å². The third kappa shape index (κ3) is 5.18. The molecular weight excluding hydrogens is 442 g/mol. The van der Waals surface area contributed by atoms with Gasteiger partial charge in [-0.3, -0.25) is 4.79 Å². The predicted molar refractivity (Wildman–Crippen MR) is 124 cm³/mol. The van der Waals surface area contributed by atoms with Crippen LogP contribution in [0, 0.1) is 0 Å². The van der Waals surface area contributed by atoms with Gasteiger partial charge in [-0.1, -0.05) is 12.1 Å². The molecule has 0 atom stereocenters. The standard InChI is InChI=1S/C23H19N5O4S/c1-15(29)24-16-9-13-19(14-10-16)33(30,31)28-23-22(25-17-7-11-18(32-2)12-8-17)26-20-5-3-4-6-21(20)27-23/h3-14H,1-2H3,(H,24,29)/b25-22?,28-23-. The largest absolute Gasteiger partial charge is 0.497 e. The molecule has 0 spiro atoms. The van der Waals surface area contributed by atoms with Gasteiger partial charge in [0.2, 0.25) is 11.7 Å². The lowest BCUT2D eigenvalue weighted by Gasteiger charge is -2.08. The molecule has 10 heteroatoms. The predicted octanol–water partition coefficient (Wildman–Crippen LogP) is 2.42. The topological polar surface area (TPSA) is 122 Å². The van der Waals surface area contributed by atoms with E-state index in [1.807, 2.05) is 0 Å². The number of carbonyl (C=O) groups excluding carboxylic acids is 1. The Labute approximate surface area is 190 Å². The molecular formula is C23H19N5O4S. The zero-order valence-corrected chi connectivity index (χ0v) is 18.6. The Morgan fingerprint density at radius 3 is 2.06 bits per heavy atom. The fourth-order valence-corrected chi connectivity index (χ4v) is 3.91. The van der Waals surface area contributed by atoms with E-state index < -0.39 is 10.0 Å². The first-order valence-corrected chi connectivity index (χ1v) is 11.3. The molecule has 1 heterocycles. The van der Waals surface area contributed by atoms with E-state index in [1.165, 1.54) is 31.2 Å². The fourth-order valence-electron chi connectivity index (χ4n) is 2.98. The van der Waals surface area contributed by atoms with Gasteiger partial charge >= 0.3 is 0 Å². The second-order valence-electron chi connectivity index (χ2n) is 6.94. The molecule has 9 nitrogen and oxygen atoms in total. The van der Waals surface area contributed by atoms with Gasteiger partial charge in [-0.2, -0.15) is 8.42 Å². The number of rotatable bonds is 5. The Morgan fingerprint density at radius 2 is 1.48 bits per heavy atom. The van der Waals surface area contributed by atoms with Gasteiger partial charge in [0.25, 0.3) is 10.0 Å². The maximum atomic E-state index is 13.0. The molecule has 1 aliphatic rings. The Morgan fingerprint density at radius 1 is 0.879 bits per heavy atom. The number of benzene rings is 3. The van der Waals surface area contributed by atoms with Crippen LogP contribution in [0.5, 0.6) is 5.75 Å². The van der Waals surface area contributed by atoms with Crippen molar-refractivity contribution >= 4 is 39.0 Å². The molecule has 33 heavy (non-hydrogen) atoms. The third-order valence-electron chi connectivity index (χ3n) is 4.52. The van der Waals surface area contributed by atoms with Crippen molar-refractivity contribution in [3.63, 3.8) is 0 Å². The van der Waals surface area contributed by atoms with Crippen molar-refractivity contribution in [3.05, 3.63) is 83.5 Å². The van der Waals surface area contributed by atoms with Crippen molar-refractivity contribution in [1.82, 2.24) is 0 Å². The summed E-state index contributed by atoms with van der Waals surface area (Å²) in [4.78, 5) is 24.4. The highest BCUT2D eigenvalue weighted by molar-refractivity contribution is 7.90. The van der Waals surface area contributed by atoms with Crippen LogP contribution in [0.15, 0.2) is 97.1 Å². The summed E-state index contributed by atoms with van der Waals surface area (Å²) >= 11 is 0. The van der Waals surface area contributed by atoms with Crippen LogP contribution < -0.4 is 20.8 Å². The van der Waals surface area contributed by atoms with Crippen LogP contribution in [0.4, 0.5) is 11.4 Å². The van der Waals surface area contributed by atoms with Crippen molar-refractivity contribution in [3.8, 4) is 5.75 Å². The fraction of sp³-hybridized carbons (Fsp3) is 0.0870. The summed E-state index contributed by atoms with van der Waals surface area (Å²) in [7, 11) is -2.56. The number of sulfonamides is 1. The summed E-state index contributed by atoms with van der Waals surface area (Å²) in [5.74, 6) is 0.341. The molecule has 0 saturated heterocycles. The van der Waals surface area contributed by atoms with E-state index in [1.54, 1.807) is 55.6 Å². The molecule has 0 saturated carbocycles. The van der Waals surface area contributed by atoms with Gasteiger partial charge in [-0.25, -0.2) is 15.0 Å². The number of aliphatic imine (C=N–C) groups is 1. The molecule has 166 valence electrons. The molecule has 0 aromatic heterocycles. The van der Waals surface area contributed by atoms with Crippen LogP contribution in [0.25, 0.3) is 0 Å². The first kappa shape index (κ1) is 22.0. The first-order chi connectivity index (χ1) is 15.8. The molecule has 4 rings (SSSR count). The van der Waals surface area contributed by atoms with Crippen molar-refractivity contribution in [1.29, 1.82) is 0 Å². The van der Waals surface area contributed by atoms with Crippen LogP contribution in [-0.2, 0) is 14.8 Å². The minimum atomic E-state index is -4.12. The molecule has 3 aromatic rings. The van der Waals surface area contributed by atoms with E-state index in [2.05, 4.69) is 24.7 Å². The minimum Gasteiger partial charge on any atom is -0.497 e. The zero-order valence-electron chi connectivity index (χ0n) is 17.8. The molecule has 0 aliphatic carbocycles. The molecule has 1 aliphatic heterocycles. The monoisotopic (exact) mass is 461 g/mol. The average molecular weight is 462 g/mol. The highest BCUT2D eigenvalue weighted by Crippen LogP contribution is 2.20. The van der Waals surface area contributed by atoms with Gasteiger partial charge in [0.05, 0.1) is 28.4 Å². The molecule has 3 aromatic carbocycles. The summed E-state index contributed by atoms with van der Waals surface area (Å²) in [5, 5.41) is 3.63. The number of carbonyl (C=O) groups is 1. The molecule has 1 amide bonds. The second-order valence-corrected chi connectivity index (χ2v) is 8.55. The molecule has 1 N–H and O–H groups in total. The first-order valence-electron chi connectivity index (χ1n) is 9.82. The SMILES string of the molecule is COc1ccc(N=C2N=c3ccccc3=N/C2=N\S(=O)(=O)c2ccc(NC(C)=O)cc2)cc1. The van der Waals surface area contributed by atoms with Crippen LogP contribution in [-0.4, -0.2) is 33.1 Å². The second kappa shape index (κ2) is 9.13. The number of amides is 1. The van der Waals surface area contributed by atoms with E-state index in [4.69, 9.17) is 4.74 Å². The molecule has 0 unspecified atom stereocenters. The lowest BCUT2D eigenvalue weighted by Crippen LogP contribution is -2.34. The number of nitrogens with zero attached hydrogens (tertiary/aromatic N) is 4. The Balaban J connectivity index is 1.78. The maximum absolute atomic E-state index is 13.0. The van der Waals surface area contributed by atoms with Crippen molar-refractivity contribution < 1.29 is 17.9 Å². The number of ether oxygens (including phenoxy) is 1. The summed E-state index contributed by atoms with van der Waals surface area (Å²) in [6.07, 6.45) is 0. The molecule has 0 bridgehead atoms. The van der Waals surface area contributed by atoms with Crippen LogP contribution >= 0.6 is 0 Å². The quantitative estimate of drug-likeness (QED) is 0.627.